The van der Waals surface area contributed by atoms with E-state index in [0.717, 1.165) is 0 Å². The van der Waals surface area contributed by atoms with Gasteiger partial charge in [0.05, 0.1) is 28.5 Å². The van der Waals surface area contributed by atoms with Crippen LogP contribution in [-0.4, -0.2) is 56.0 Å². The van der Waals surface area contributed by atoms with Gasteiger partial charge in [-0.25, -0.2) is 8.42 Å². The predicted octanol–water partition coefficient (Wildman–Crippen LogP) is 0.346. The van der Waals surface area contributed by atoms with Gasteiger partial charge in [-0.2, -0.15) is 4.31 Å². The van der Waals surface area contributed by atoms with E-state index >= 15 is 0 Å². The van der Waals surface area contributed by atoms with Crippen molar-refractivity contribution in [3.8, 4) is 0 Å². The zero-order valence-electron chi connectivity index (χ0n) is 11.8. The van der Waals surface area contributed by atoms with E-state index in [2.05, 4.69) is 5.32 Å². The van der Waals surface area contributed by atoms with E-state index < -0.39 is 14.9 Å². The van der Waals surface area contributed by atoms with Crippen LogP contribution in [0.25, 0.3) is 0 Å². The Kier molecular flexibility index (Phi) is 4.13. The number of nitrogens with one attached hydrogen (secondary N) is 1. The van der Waals surface area contributed by atoms with Crippen molar-refractivity contribution in [1.29, 1.82) is 0 Å². The van der Waals surface area contributed by atoms with E-state index in [9.17, 15) is 18.5 Å². The molecule has 0 spiro atoms. The molecule has 120 valence electrons. The van der Waals surface area contributed by atoms with Crippen LogP contribution >= 0.6 is 0 Å². The lowest BCUT2D eigenvalue weighted by Crippen LogP contribution is -2.61. The van der Waals surface area contributed by atoms with Crippen LogP contribution in [0.2, 0.25) is 0 Å². The molecule has 1 unspecified atom stereocenters. The first-order valence-corrected chi connectivity index (χ1v) is 8.50. The Morgan fingerprint density at radius 2 is 1.91 bits per heavy atom. The number of nitro groups is 1. The lowest BCUT2D eigenvalue weighted by molar-refractivity contribution is -0.384. The molecule has 1 aromatic carbocycles. The molecular weight excluding hydrogens is 310 g/mol. The van der Waals surface area contributed by atoms with Gasteiger partial charge in [-0.3, -0.25) is 10.1 Å². The quantitative estimate of drug-likeness (QED) is 0.618. The minimum absolute atomic E-state index is 0.0805. The monoisotopic (exact) mass is 327 g/mol. The van der Waals surface area contributed by atoms with Gasteiger partial charge in [0.2, 0.25) is 10.0 Å². The fraction of sp³-hybridized carbons (Fsp3) is 0.538. The summed E-state index contributed by atoms with van der Waals surface area (Å²) in [5.41, 5.74) is -0.125. The van der Waals surface area contributed by atoms with E-state index in [1.54, 1.807) is 0 Å². The zero-order chi connectivity index (χ0) is 15.7. The molecule has 0 saturated carbocycles. The van der Waals surface area contributed by atoms with E-state index in [-0.39, 0.29) is 22.7 Å². The van der Waals surface area contributed by atoms with Gasteiger partial charge < -0.3 is 10.1 Å². The minimum atomic E-state index is -3.70. The highest BCUT2D eigenvalue weighted by Gasteiger charge is 2.41. The highest BCUT2D eigenvalue weighted by Crippen LogP contribution is 2.27. The smallest absolute Gasteiger partial charge is 0.269 e. The van der Waals surface area contributed by atoms with Crippen LogP contribution in [-0.2, 0) is 14.8 Å². The number of nitro benzene ring substituents is 1. The van der Waals surface area contributed by atoms with Gasteiger partial charge in [-0.1, -0.05) is 0 Å². The SMILES string of the molecule is O=[N+]([O-])c1ccc(S(=O)(=O)N(C2CNC2)C2CCOC2)cc1. The summed E-state index contributed by atoms with van der Waals surface area (Å²) in [5, 5.41) is 13.8. The molecule has 0 aromatic heterocycles. The first kappa shape index (κ1) is 15.3. The van der Waals surface area contributed by atoms with Gasteiger partial charge in [-0.05, 0) is 18.6 Å². The molecule has 9 heteroatoms. The fourth-order valence-corrected chi connectivity index (χ4v) is 4.55. The number of hydrogen-bond donors (Lipinski definition) is 1. The van der Waals surface area contributed by atoms with E-state index in [1.807, 2.05) is 0 Å². The van der Waals surface area contributed by atoms with E-state index in [1.165, 1.54) is 28.6 Å². The Balaban J connectivity index is 1.92. The average Bonchev–Trinajstić information content (AvgIpc) is 2.96. The summed E-state index contributed by atoms with van der Waals surface area (Å²) in [5.74, 6) is 0. The summed E-state index contributed by atoms with van der Waals surface area (Å²) in [6.45, 7) is 2.17. The maximum Gasteiger partial charge on any atom is 0.269 e. The minimum Gasteiger partial charge on any atom is -0.380 e. The number of sulfonamides is 1. The molecule has 2 aliphatic rings. The summed E-state index contributed by atoms with van der Waals surface area (Å²) < 4.78 is 32.6. The molecule has 3 rings (SSSR count). The van der Waals surface area contributed by atoms with Crippen molar-refractivity contribution in [2.75, 3.05) is 26.3 Å². The normalized spacial score (nSPS) is 22.7. The van der Waals surface area contributed by atoms with Crippen LogP contribution in [0.15, 0.2) is 29.2 Å². The fourth-order valence-electron chi connectivity index (χ4n) is 2.73. The molecule has 0 aliphatic carbocycles. The third-order valence-corrected chi connectivity index (χ3v) is 6.03. The lowest BCUT2D eigenvalue weighted by atomic mass is 10.1. The molecule has 22 heavy (non-hydrogen) atoms. The standard InChI is InChI=1S/C13H17N3O5S/c17-16(18)10-1-3-13(4-2-10)22(19,20)15(12-7-14-8-12)11-5-6-21-9-11/h1-4,11-12,14H,5-9H2. The molecule has 0 amide bonds. The Morgan fingerprint density at radius 1 is 1.23 bits per heavy atom. The van der Waals surface area contributed by atoms with Crippen molar-refractivity contribution in [1.82, 2.24) is 9.62 Å². The van der Waals surface area contributed by atoms with Crippen molar-refractivity contribution in [2.45, 2.75) is 23.4 Å². The van der Waals surface area contributed by atoms with Crippen LogP contribution in [0.4, 0.5) is 5.69 Å². The maximum atomic E-state index is 12.9. The molecule has 2 fully saturated rings. The topological polar surface area (TPSA) is 102 Å². The van der Waals surface area contributed by atoms with Crippen LogP contribution in [0, 0.1) is 10.1 Å². The zero-order valence-corrected chi connectivity index (χ0v) is 12.7. The number of non-ortho nitro benzene ring substituents is 1. The molecule has 0 radical (unpaired) electrons. The van der Waals surface area contributed by atoms with E-state index in [0.29, 0.717) is 32.7 Å². The van der Waals surface area contributed by atoms with Gasteiger partial charge >= 0.3 is 0 Å². The molecule has 1 N–H and O–H groups in total. The number of nitrogens with zero attached hydrogens (tertiary/aromatic N) is 2. The summed E-state index contributed by atoms with van der Waals surface area (Å²) in [7, 11) is -3.70. The van der Waals surface area contributed by atoms with Crippen molar-refractivity contribution in [3.05, 3.63) is 34.4 Å². The van der Waals surface area contributed by atoms with Crippen molar-refractivity contribution >= 4 is 15.7 Å². The van der Waals surface area contributed by atoms with Crippen molar-refractivity contribution in [3.63, 3.8) is 0 Å². The molecule has 0 bridgehead atoms. The molecule has 8 nitrogen and oxygen atoms in total. The number of hydrogen-bond acceptors (Lipinski definition) is 6. The Hall–Kier alpha value is -1.55. The summed E-state index contributed by atoms with van der Waals surface area (Å²) >= 11 is 0. The second kappa shape index (κ2) is 5.92. The molecule has 1 aromatic rings. The van der Waals surface area contributed by atoms with Gasteiger partial charge in [0.25, 0.3) is 5.69 Å². The number of benzene rings is 1. The van der Waals surface area contributed by atoms with E-state index in [4.69, 9.17) is 4.74 Å². The Morgan fingerprint density at radius 3 is 2.36 bits per heavy atom. The number of ether oxygens (including phenoxy) is 1. The van der Waals surface area contributed by atoms with Crippen LogP contribution in [0.1, 0.15) is 6.42 Å². The van der Waals surface area contributed by atoms with Gasteiger partial charge in [0, 0.05) is 31.8 Å². The van der Waals surface area contributed by atoms with Gasteiger partial charge in [0.1, 0.15) is 0 Å². The highest BCUT2D eigenvalue weighted by molar-refractivity contribution is 7.89. The Labute approximate surface area is 128 Å². The molecule has 2 aliphatic heterocycles. The highest BCUT2D eigenvalue weighted by atomic mass is 32.2. The van der Waals surface area contributed by atoms with Crippen LogP contribution in [0.5, 0.6) is 0 Å². The summed E-state index contributed by atoms with van der Waals surface area (Å²) in [4.78, 5) is 10.2. The average molecular weight is 327 g/mol. The molecular formula is C13H17N3O5S. The summed E-state index contributed by atoms with van der Waals surface area (Å²) in [6, 6.07) is 4.76. The molecule has 2 saturated heterocycles. The first-order chi connectivity index (χ1) is 10.5. The lowest BCUT2D eigenvalue weighted by Gasteiger charge is -2.40. The third kappa shape index (κ3) is 2.72. The number of rotatable bonds is 5. The van der Waals surface area contributed by atoms with Crippen LogP contribution < -0.4 is 5.32 Å². The second-order valence-electron chi connectivity index (χ2n) is 5.42. The Bertz CT molecular complexity index is 651. The third-order valence-electron chi connectivity index (χ3n) is 4.01. The first-order valence-electron chi connectivity index (χ1n) is 7.06. The molecule has 1 atom stereocenters. The maximum absolute atomic E-state index is 12.9. The van der Waals surface area contributed by atoms with Crippen LogP contribution in [0.3, 0.4) is 0 Å². The summed E-state index contributed by atoms with van der Waals surface area (Å²) in [6.07, 6.45) is 0.669. The van der Waals surface area contributed by atoms with Gasteiger partial charge in [0.15, 0.2) is 0 Å². The van der Waals surface area contributed by atoms with Crippen molar-refractivity contribution < 1.29 is 18.1 Å². The predicted molar refractivity (Wildman–Crippen MR) is 78.0 cm³/mol. The van der Waals surface area contributed by atoms with Gasteiger partial charge in [-0.15, -0.1) is 0 Å². The second-order valence-corrected chi connectivity index (χ2v) is 7.26. The van der Waals surface area contributed by atoms with Crippen molar-refractivity contribution in [2.24, 2.45) is 0 Å². The largest absolute Gasteiger partial charge is 0.380 e. The molecule has 2 heterocycles.